The van der Waals surface area contributed by atoms with Gasteiger partial charge in [0, 0.05) is 5.56 Å². The van der Waals surface area contributed by atoms with Crippen LogP contribution < -0.4 is 10.1 Å². The Hall–Kier alpha value is -2.04. The van der Waals surface area contributed by atoms with Crippen LogP contribution in [0, 0.1) is 0 Å². The SMILES string of the molecule is CCCCCOC(=O)[C@H](C)NC(=O)c1cccc(OC)c1. The van der Waals surface area contributed by atoms with Gasteiger partial charge in [-0.15, -0.1) is 0 Å². The Bertz CT molecular complexity index is 473. The van der Waals surface area contributed by atoms with Crippen LogP contribution in [0.4, 0.5) is 0 Å². The first-order chi connectivity index (χ1) is 10.1. The van der Waals surface area contributed by atoms with Crippen molar-refractivity contribution in [2.75, 3.05) is 13.7 Å². The number of benzene rings is 1. The number of nitrogens with one attached hydrogen (secondary N) is 1. The molecule has 0 unspecified atom stereocenters. The Morgan fingerprint density at radius 2 is 2.05 bits per heavy atom. The molecule has 0 aliphatic carbocycles. The van der Waals surface area contributed by atoms with Crippen molar-refractivity contribution in [2.24, 2.45) is 0 Å². The molecule has 0 bridgehead atoms. The predicted octanol–water partition coefficient (Wildman–Crippen LogP) is 2.55. The molecule has 1 rings (SSSR count). The summed E-state index contributed by atoms with van der Waals surface area (Å²) in [4.78, 5) is 23.8. The first-order valence-corrected chi connectivity index (χ1v) is 7.20. The second kappa shape index (κ2) is 9.00. The van der Waals surface area contributed by atoms with E-state index >= 15 is 0 Å². The number of hydrogen-bond acceptors (Lipinski definition) is 4. The summed E-state index contributed by atoms with van der Waals surface area (Å²) in [5.74, 6) is -0.147. The molecule has 116 valence electrons. The van der Waals surface area contributed by atoms with E-state index in [0.29, 0.717) is 17.9 Å². The highest BCUT2D eigenvalue weighted by Crippen LogP contribution is 2.12. The third-order valence-corrected chi connectivity index (χ3v) is 3.03. The van der Waals surface area contributed by atoms with Gasteiger partial charge in [-0.3, -0.25) is 4.79 Å². The monoisotopic (exact) mass is 293 g/mol. The van der Waals surface area contributed by atoms with Crippen LogP contribution in [0.1, 0.15) is 43.5 Å². The van der Waals surface area contributed by atoms with E-state index in [4.69, 9.17) is 9.47 Å². The van der Waals surface area contributed by atoms with Crippen molar-refractivity contribution in [3.05, 3.63) is 29.8 Å². The molecule has 0 fully saturated rings. The third-order valence-electron chi connectivity index (χ3n) is 3.03. The Balaban J connectivity index is 2.47. The quantitative estimate of drug-likeness (QED) is 0.591. The maximum absolute atomic E-state index is 12.0. The maximum Gasteiger partial charge on any atom is 0.328 e. The average Bonchev–Trinajstić information content (AvgIpc) is 2.51. The van der Waals surface area contributed by atoms with Gasteiger partial charge in [-0.05, 0) is 31.5 Å². The van der Waals surface area contributed by atoms with E-state index in [-0.39, 0.29) is 5.91 Å². The molecular weight excluding hydrogens is 270 g/mol. The first kappa shape index (κ1) is 17.0. The predicted molar refractivity (Wildman–Crippen MR) is 80.4 cm³/mol. The highest BCUT2D eigenvalue weighted by molar-refractivity contribution is 5.97. The number of methoxy groups -OCH3 is 1. The van der Waals surface area contributed by atoms with E-state index in [1.54, 1.807) is 31.2 Å². The highest BCUT2D eigenvalue weighted by atomic mass is 16.5. The summed E-state index contributed by atoms with van der Waals surface area (Å²) in [7, 11) is 1.54. The van der Waals surface area contributed by atoms with Crippen molar-refractivity contribution in [1.29, 1.82) is 0 Å². The Morgan fingerprint density at radius 3 is 2.71 bits per heavy atom. The molecule has 1 atom stereocenters. The summed E-state index contributed by atoms with van der Waals surface area (Å²) < 4.78 is 10.2. The minimum atomic E-state index is -0.676. The van der Waals surface area contributed by atoms with Gasteiger partial charge in [0.25, 0.3) is 5.91 Å². The van der Waals surface area contributed by atoms with Gasteiger partial charge in [-0.25, -0.2) is 4.79 Å². The molecule has 1 aromatic rings. The second-order valence-electron chi connectivity index (χ2n) is 4.80. The normalized spacial score (nSPS) is 11.6. The Kier molecular flexibility index (Phi) is 7.29. The van der Waals surface area contributed by atoms with E-state index < -0.39 is 12.0 Å². The number of esters is 1. The van der Waals surface area contributed by atoms with Gasteiger partial charge < -0.3 is 14.8 Å². The first-order valence-electron chi connectivity index (χ1n) is 7.20. The van der Waals surface area contributed by atoms with Crippen LogP contribution in [0.25, 0.3) is 0 Å². The zero-order valence-electron chi connectivity index (χ0n) is 12.8. The molecule has 5 heteroatoms. The molecule has 0 spiro atoms. The summed E-state index contributed by atoms with van der Waals surface area (Å²) in [5, 5.41) is 2.62. The number of carbonyl (C=O) groups is 2. The van der Waals surface area contributed by atoms with Crippen LogP contribution in [0.15, 0.2) is 24.3 Å². The Morgan fingerprint density at radius 1 is 1.29 bits per heavy atom. The van der Waals surface area contributed by atoms with Gasteiger partial charge in [-0.2, -0.15) is 0 Å². The van der Waals surface area contributed by atoms with E-state index in [9.17, 15) is 9.59 Å². The summed E-state index contributed by atoms with van der Waals surface area (Å²) in [6, 6.07) is 6.08. The topological polar surface area (TPSA) is 64.6 Å². The zero-order chi connectivity index (χ0) is 15.7. The van der Waals surface area contributed by atoms with Crippen LogP contribution in [-0.4, -0.2) is 31.6 Å². The summed E-state index contributed by atoms with van der Waals surface area (Å²) >= 11 is 0. The largest absolute Gasteiger partial charge is 0.497 e. The smallest absolute Gasteiger partial charge is 0.328 e. The lowest BCUT2D eigenvalue weighted by atomic mass is 10.2. The van der Waals surface area contributed by atoms with Gasteiger partial charge >= 0.3 is 5.97 Å². The van der Waals surface area contributed by atoms with Gasteiger partial charge in [0.15, 0.2) is 0 Å². The lowest BCUT2D eigenvalue weighted by Crippen LogP contribution is -2.39. The standard InChI is InChI=1S/C16H23NO4/c1-4-5-6-10-21-16(19)12(2)17-15(18)13-8-7-9-14(11-13)20-3/h7-9,11-12H,4-6,10H2,1-3H3,(H,17,18)/t12-/m0/s1. The molecule has 1 amide bonds. The van der Waals surface area contributed by atoms with Crippen molar-refractivity contribution < 1.29 is 19.1 Å². The van der Waals surface area contributed by atoms with Crippen LogP contribution in [0.5, 0.6) is 5.75 Å². The molecule has 0 saturated heterocycles. The lowest BCUT2D eigenvalue weighted by molar-refractivity contribution is -0.145. The number of amides is 1. The van der Waals surface area contributed by atoms with E-state index in [1.807, 2.05) is 0 Å². The minimum absolute atomic E-state index is 0.327. The lowest BCUT2D eigenvalue weighted by Gasteiger charge is -2.13. The van der Waals surface area contributed by atoms with E-state index in [0.717, 1.165) is 19.3 Å². The van der Waals surface area contributed by atoms with Crippen LogP contribution in [0.3, 0.4) is 0 Å². The van der Waals surface area contributed by atoms with Crippen molar-refractivity contribution in [3.8, 4) is 5.75 Å². The fourth-order valence-electron chi connectivity index (χ4n) is 1.75. The summed E-state index contributed by atoms with van der Waals surface area (Å²) in [5.41, 5.74) is 0.444. The van der Waals surface area contributed by atoms with Gasteiger partial charge in [-0.1, -0.05) is 25.8 Å². The second-order valence-corrected chi connectivity index (χ2v) is 4.80. The van der Waals surface area contributed by atoms with Gasteiger partial charge in [0.2, 0.25) is 0 Å². The minimum Gasteiger partial charge on any atom is -0.497 e. The maximum atomic E-state index is 12.0. The van der Waals surface area contributed by atoms with Gasteiger partial charge in [0.1, 0.15) is 11.8 Å². The number of rotatable bonds is 8. The van der Waals surface area contributed by atoms with Crippen molar-refractivity contribution in [2.45, 2.75) is 39.2 Å². The zero-order valence-corrected chi connectivity index (χ0v) is 12.8. The molecule has 1 aromatic carbocycles. The van der Waals surface area contributed by atoms with E-state index in [2.05, 4.69) is 12.2 Å². The van der Waals surface area contributed by atoms with Crippen LogP contribution >= 0.6 is 0 Å². The van der Waals surface area contributed by atoms with Crippen molar-refractivity contribution >= 4 is 11.9 Å². The Labute approximate surface area is 125 Å². The fraction of sp³-hybridized carbons (Fsp3) is 0.500. The van der Waals surface area contributed by atoms with E-state index in [1.165, 1.54) is 7.11 Å². The molecule has 0 radical (unpaired) electrons. The molecule has 5 nitrogen and oxygen atoms in total. The molecule has 0 aliphatic heterocycles. The molecule has 21 heavy (non-hydrogen) atoms. The summed E-state index contributed by atoms with van der Waals surface area (Å²) in [6.45, 7) is 4.09. The molecule has 0 heterocycles. The van der Waals surface area contributed by atoms with Crippen molar-refractivity contribution in [1.82, 2.24) is 5.32 Å². The molecular formula is C16H23NO4. The molecule has 0 aliphatic rings. The van der Waals surface area contributed by atoms with Crippen molar-refractivity contribution in [3.63, 3.8) is 0 Å². The van der Waals surface area contributed by atoms with Crippen LogP contribution in [0.2, 0.25) is 0 Å². The number of ether oxygens (including phenoxy) is 2. The number of carbonyl (C=O) groups excluding carboxylic acids is 2. The highest BCUT2D eigenvalue weighted by Gasteiger charge is 2.18. The van der Waals surface area contributed by atoms with Crippen LogP contribution in [-0.2, 0) is 9.53 Å². The average molecular weight is 293 g/mol. The molecule has 0 saturated carbocycles. The molecule has 0 aromatic heterocycles. The number of unbranched alkanes of at least 4 members (excludes halogenated alkanes) is 2. The number of hydrogen-bond donors (Lipinski definition) is 1. The van der Waals surface area contributed by atoms with Gasteiger partial charge in [0.05, 0.1) is 13.7 Å². The third kappa shape index (κ3) is 5.85. The fourth-order valence-corrected chi connectivity index (χ4v) is 1.75. The summed E-state index contributed by atoms with van der Waals surface area (Å²) in [6.07, 6.45) is 2.94. The molecule has 1 N–H and O–H groups in total.